The number of ether oxygens (including phenoxy) is 7. The lowest BCUT2D eigenvalue weighted by Gasteiger charge is -2.46. The molecule has 2 fully saturated rings. The Morgan fingerprint density at radius 1 is 0.333 bits per heavy atom. The van der Waals surface area contributed by atoms with Crippen LogP contribution >= 0.6 is 7.82 Å². The number of rotatable bonds is 84. The summed E-state index contributed by atoms with van der Waals surface area (Å²) in [6.45, 7) is 11.4. The van der Waals surface area contributed by atoms with E-state index >= 15 is 4.79 Å². The van der Waals surface area contributed by atoms with Gasteiger partial charge in [-0.05, 0) is 57.8 Å². The highest BCUT2D eigenvalue weighted by Crippen LogP contribution is 2.43. The number of aliphatic hydroxyl groups excluding tert-OH is 4. The standard InChI is InChI=1S/C96H181N2O21P/c1-7-13-19-25-31-37-40-46-52-58-64-70-85(102)113-78(67-61-55-49-43-34-28-22-16-10-4)73-83(100)97-89-92(107)91(106)82(116-95(89)108)77-112-96-90(98-84(101)74-79(68-62-56-50-44-35-29-23-17-11-5)114-86(103)71-65-59-53-47-41-38-32-26-20-14-8-2)94(93(81(76-99)117-96)119-120(109,110)111)118-88(105)75-80(69-63-57-51-45-36-30-24-18-12-6)115-87(104)72-66-60-54-48-42-39-33-27-21-15-9-3/h78-82,89-96,99,106-108H,7-77H2,1-6H3,(H,97,100)(H,98,101)(H2,109,110,111)/t78-,79-,80-,81?,82?,89?,90?,91-,92-,93-,94-,95?,96-/m1/s1. The molecular formula is C96H181N2O21P. The molecule has 706 valence electrons. The van der Waals surface area contributed by atoms with Crippen molar-refractivity contribution in [2.24, 2.45) is 0 Å². The number of hydrogen-bond donors (Lipinski definition) is 8. The summed E-state index contributed by atoms with van der Waals surface area (Å²) in [4.78, 5) is 106. The number of aliphatic hydroxyl groups is 4. The minimum Gasteiger partial charge on any atom is -0.462 e. The van der Waals surface area contributed by atoms with E-state index < -0.39 is 149 Å². The molecule has 5 unspecified atom stereocenters. The van der Waals surface area contributed by atoms with Crippen LogP contribution in [0.2, 0.25) is 0 Å². The maximum atomic E-state index is 15.0. The number of amides is 2. The average molecular weight is 1730 g/mol. The summed E-state index contributed by atoms with van der Waals surface area (Å²) in [6, 6.07) is -3.37. The molecule has 0 bridgehead atoms. The molecule has 0 radical (unpaired) electrons. The van der Waals surface area contributed by atoms with E-state index in [1.807, 2.05) is 0 Å². The third-order valence-electron chi connectivity index (χ3n) is 24.1. The molecule has 2 aliphatic heterocycles. The predicted molar refractivity (Wildman–Crippen MR) is 478 cm³/mol. The van der Waals surface area contributed by atoms with Crippen LogP contribution in [0.15, 0.2) is 0 Å². The molecule has 0 aromatic carbocycles. The SMILES string of the molecule is CCCCCCCCCCCCCC(=O)O[C@H](CCCCCCCCCCC)CC(=O)NC1C(O)OC(CO[C@@H]2OC(CO)[C@@H](OP(=O)(O)O)[C@H](OC(=O)C[C@@H](CCCCCCCCCCC)OC(=O)CCCCCCCCCCCCC)C2NC(=O)C[C@@H](CCCCCCCCCCC)OC(=O)CCCCCCCCCCCCC)[C@@H](O)[C@@H]1O. The fourth-order valence-electron chi connectivity index (χ4n) is 16.7. The number of esters is 4. The second kappa shape index (κ2) is 76.8. The highest BCUT2D eigenvalue weighted by Gasteiger charge is 2.53. The van der Waals surface area contributed by atoms with Crippen LogP contribution in [-0.2, 0) is 71.0 Å². The second-order valence-electron chi connectivity index (χ2n) is 35.5. The summed E-state index contributed by atoms with van der Waals surface area (Å²) in [5, 5.41) is 51.8. The summed E-state index contributed by atoms with van der Waals surface area (Å²) in [6.07, 6.45) is 46.7. The van der Waals surface area contributed by atoms with Crippen LogP contribution in [0.1, 0.15) is 485 Å². The first-order valence-corrected chi connectivity index (χ1v) is 51.4. The summed E-state index contributed by atoms with van der Waals surface area (Å²) >= 11 is 0. The molecule has 13 atom stereocenters. The minimum absolute atomic E-state index is 0.124. The molecule has 2 heterocycles. The second-order valence-corrected chi connectivity index (χ2v) is 36.7. The van der Waals surface area contributed by atoms with Gasteiger partial charge in [0.25, 0.3) is 0 Å². The molecule has 0 aromatic heterocycles. The van der Waals surface area contributed by atoms with Gasteiger partial charge in [-0.2, -0.15) is 0 Å². The minimum atomic E-state index is -5.58. The van der Waals surface area contributed by atoms with Gasteiger partial charge >= 0.3 is 31.7 Å². The van der Waals surface area contributed by atoms with Crippen LogP contribution < -0.4 is 10.6 Å². The molecule has 0 aliphatic carbocycles. The molecule has 0 aromatic rings. The van der Waals surface area contributed by atoms with Gasteiger partial charge in [0.2, 0.25) is 11.8 Å². The monoisotopic (exact) mass is 1730 g/mol. The summed E-state index contributed by atoms with van der Waals surface area (Å²) in [5.74, 6) is -3.84. The molecular weight excluding hydrogens is 1550 g/mol. The lowest BCUT2D eigenvalue weighted by molar-refractivity contribution is -0.297. The van der Waals surface area contributed by atoms with E-state index in [2.05, 4.69) is 52.2 Å². The fourth-order valence-corrected chi connectivity index (χ4v) is 17.3. The number of hydrogen-bond acceptors (Lipinski definition) is 19. The smallest absolute Gasteiger partial charge is 0.462 e. The number of carbonyl (C=O) groups is 6. The Morgan fingerprint density at radius 3 is 0.900 bits per heavy atom. The van der Waals surface area contributed by atoms with E-state index in [-0.39, 0.29) is 32.1 Å². The maximum absolute atomic E-state index is 15.0. The van der Waals surface area contributed by atoms with E-state index in [9.17, 15) is 58.8 Å². The molecule has 2 amide bonds. The third kappa shape index (κ3) is 60.3. The highest BCUT2D eigenvalue weighted by molar-refractivity contribution is 7.46. The molecule has 2 aliphatic rings. The number of phosphoric ester groups is 1. The van der Waals surface area contributed by atoms with E-state index in [4.69, 9.17) is 37.7 Å². The van der Waals surface area contributed by atoms with Gasteiger partial charge in [-0.15, -0.1) is 0 Å². The molecule has 23 nitrogen and oxygen atoms in total. The largest absolute Gasteiger partial charge is 0.470 e. The van der Waals surface area contributed by atoms with Crippen LogP contribution in [0.25, 0.3) is 0 Å². The Morgan fingerprint density at radius 2 is 0.608 bits per heavy atom. The van der Waals surface area contributed by atoms with Crippen molar-refractivity contribution in [1.29, 1.82) is 0 Å². The molecule has 0 spiro atoms. The lowest BCUT2D eigenvalue weighted by Crippen LogP contribution is -2.67. The number of phosphoric acid groups is 1. The highest BCUT2D eigenvalue weighted by atomic mass is 31.2. The van der Waals surface area contributed by atoms with Gasteiger partial charge in [0.15, 0.2) is 18.7 Å². The van der Waals surface area contributed by atoms with Gasteiger partial charge in [0.05, 0.1) is 32.5 Å². The number of carbonyl (C=O) groups excluding carboxylic acids is 6. The summed E-state index contributed by atoms with van der Waals surface area (Å²) < 4.78 is 61.5. The van der Waals surface area contributed by atoms with Crippen LogP contribution in [-0.4, -0.2) is 159 Å². The first kappa shape index (κ1) is 113. The van der Waals surface area contributed by atoms with Crippen molar-refractivity contribution in [3.8, 4) is 0 Å². The summed E-state index contributed by atoms with van der Waals surface area (Å²) in [7, 11) is -5.58. The molecule has 2 rings (SSSR count). The van der Waals surface area contributed by atoms with Gasteiger partial charge in [-0.3, -0.25) is 33.3 Å². The van der Waals surface area contributed by atoms with Gasteiger partial charge in [0, 0.05) is 19.3 Å². The van der Waals surface area contributed by atoms with Gasteiger partial charge in [-0.1, -0.05) is 388 Å². The zero-order valence-corrected chi connectivity index (χ0v) is 77.9. The van der Waals surface area contributed by atoms with E-state index in [0.29, 0.717) is 51.4 Å². The summed E-state index contributed by atoms with van der Waals surface area (Å²) in [5.41, 5.74) is 0. The Labute approximate surface area is 729 Å². The van der Waals surface area contributed by atoms with Crippen molar-refractivity contribution in [3.05, 3.63) is 0 Å². The number of nitrogens with one attached hydrogen (secondary N) is 2. The normalized spacial score (nSPS) is 20.2. The van der Waals surface area contributed by atoms with Crippen LogP contribution in [0, 0.1) is 0 Å². The van der Waals surface area contributed by atoms with Crippen molar-refractivity contribution in [2.75, 3.05) is 13.2 Å². The van der Waals surface area contributed by atoms with Crippen molar-refractivity contribution in [2.45, 2.75) is 564 Å². The molecule has 2 saturated heterocycles. The zero-order valence-electron chi connectivity index (χ0n) is 77.0. The zero-order chi connectivity index (χ0) is 87.7. The topological polar surface area (TPSA) is 339 Å². The van der Waals surface area contributed by atoms with Crippen molar-refractivity contribution in [3.63, 3.8) is 0 Å². The Bertz CT molecular complexity index is 2510. The van der Waals surface area contributed by atoms with E-state index in [1.165, 1.54) is 173 Å². The van der Waals surface area contributed by atoms with Gasteiger partial charge in [-0.25, -0.2) is 4.57 Å². The lowest BCUT2D eigenvalue weighted by atomic mass is 9.95. The molecule has 24 heteroatoms. The first-order chi connectivity index (χ1) is 58.2. The van der Waals surface area contributed by atoms with Crippen molar-refractivity contribution in [1.82, 2.24) is 10.6 Å². The maximum Gasteiger partial charge on any atom is 0.470 e. The molecule has 0 saturated carbocycles. The Balaban J connectivity index is 2.58. The molecule has 8 N–H and O–H groups in total. The van der Waals surface area contributed by atoms with Gasteiger partial charge in [0.1, 0.15) is 60.9 Å². The number of unbranched alkanes of at least 4 members (excludes halogenated alkanes) is 54. The average Bonchev–Trinajstić information content (AvgIpc) is 0.750. The Hall–Kier alpha value is -3.35. The first-order valence-electron chi connectivity index (χ1n) is 49.9. The van der Waals surface area contributed by atoms with Crippen LogP contribution in [0.4, 0.5) is 0 Å². The van der Waals surface area contributed by atoms with Gasteiger partial charge < -0.3 is 74.0 Å². The quantitative estimate of drug-likeness (QED) is 0.0121. The predicted octanol–water partition coefficient (Wildman–Crippen LogP) is 22.3. The third-order valence-corrected chi connectivity index (χ3v) is 24.6. The van der Waals surface area contributed by atoms with E-state index in [0.717, 1.165) is 173 Å². The van der Waals surface area contributed by atoms with Crippen molar-refractivity contribution >= 4 is 43.5 Å². The van der Waals surface area contributed by atoms with Crippen LogP contribution in [0.5, 0.6) is 0 Å². The van der Waals surface area contributed by atoms with Crippen LogP contribution in [0.3, 0.4) is 0 Å². The fraction of sp³-hybridized carbons (Fsp3) is 0.938. The molecule has 120 heavy (non-hydrogen) atoms. The Kier molecular flexibility index (Phi) is 72.2. The van der Waals surface area contributed by atoms with Crippen molar-refractivity contribution < 1.29 is 101 Å². The van der Waals surface area contributed by atoms with E-state index in [1.54, 1.807) is 0 Å².